The molecule has 0 aromatic heterocycles. The van der Waals surface area contributed by atoms with Crippen LogP contribution in [-0.2, 0) is 4.74 Å². The third-order valence-corrected chi connectivity index (χ3v) is 3.77. The number of hydrogen-bond donors (Lipinski definition) is 3. The van der Waals surface area contributed by atoms with Crippen LogP contribution < -0.4 is 16.8 Å². The minimum atomic E-state index is -0.746. The van der Waals surface area contributed by atoms with Crippen LogP contribution in [0.25, 0.3) is 0 Å². The first-order chi connectivity index (χ1) is 11.4. The normalized spacial score (nSPS) is 11.6. The zero-order chi connectivity index (χ0) is 18.1. The number of hydrogen-bond acceptors (Lipinski definition) is 5. The van der Waals surface area contributed by atoms with Crippen molar-refractivity contribution in [2.45, 2.75) is 38.6 Å². The fraction of sp³-hybridized carbons (Fsp3) is 0.529. The Morgan fingerprint density at radius 3 is 2.58 bits per heavy atom. The zero-order valence-electron chi connectivity index (χ0n) is 14.7. The van der Waals surface area contributed by atoms with Gasteiger partial charge in [0, 0.05) is 20.1 Å². The summed E-state index contributed by atoms with van der Waals surface area (Å²) in [4.78, 5) is 24.4. The second-order valence-corrected chi connectivity index (χ2v) is 5.88. The van der Waals surface area contributed by atoms with Gasteiger partial charge in [-0.25, -0.2) is 4.79 Å². The zero-order valence-corrected chi connectivity index (χ0v) is 14.7. The number of nitrogens with zero attached hydrogens (tertiary/aromatic N) is 1. The standard InChI is InChI=1S/C17H28N4O3/c1-4-12(8-5-6-11-24-17(19)23)20-15-13(16(22)21(2)3)9-7-10-14(15)18/h7,9-10,12,20H,4-6,8,11,18H2,1-3H3,(H2,19,23). The molecule has 0 heterocycles. The van der Waals surface area contributed by atoms with Gasteiger partial charge < -0.3 is 26.4 Å². The van der Waals surface area contributed by atoms with Crippen molar-refractivity contribution in [3.63, 3.8) is 0 Å². The summed E-state index contributed by atoms with van der Waals surface area (Å²) in [5.41, 5.74) is 12.8. The van der Waals surface area contributed by atoms with Crippen molar-refractivity contribution in [3.8, 4) is 0 Å². The molecule has 0 saturated carbocycles. The first-order valence-corrected chi connectivity index (χ1v) is 8.15. The van der Waals surface area contributed by atoms with E-state index in [9.17, 15) is 9.59 Å². The molecule has 2 amide bonds. The number of carbonyl (C=O) groups excluding carboxylic acids is 2. The molecule has 0 spiro atoms. The summed E-state index contributed by atoms with van der Waals surface area (Å²) in [5.74, 6) is -0.0884. The van der Waals surface area contributed by atoms with E-state index in [1.54, 1.807) is 32.3 Å². The summed E-state index contributed by atoms with van der Waals surface area (Å²) in [5, 5.41) is 3.40. The molecule has 1 unspecified atom stereocenters. The molecule has 0 fully saturated rings. The van der Waals surface area contributed by atoms with Crippen molar-refractivity contribution >= 4 is 23.4 Å². The quantitative estimate of drug-likeness (QED) is 0.474. The van der Waals surface area contributed by atoms with Crippen molar-refractivity contribution in [2.24, 2.45) is 5.73 Å². The molecule has 134 valence electrons. The predicted molar refractivity (Wildman–Crippen MR) is 96.0 cm³/mol. The van der Waals surface area contributed by atoms with Gasteiger partial charge in [0.1, 0.15) is 0 Å². The molecule has 0 aliphatic heterocycles. The summed E-state index contributed by atoms with van der Waals surface area (Å²) in [6.07, 6.45) is 2.64. The van der Waals surface area contributed by atoms with Gasteiger partial charge in [-0.05, 0) is 37.8 Å². The summed E-state index contributed by atoms with van der Waals surface area (Å²) in [7, 11) is 3.43. The number of rotatable bonds is 9. The van der Waals surface area contributed by atoms with E-state index in [0.717, 1.165) is 25.7 Å². The van der Waals surface area contributed by atoms with Crippen LogP contribution in [0.3, 0.4) is 0 Å². The molecule has 24 heavy (non-hydrogen) atoms. The second-order valence-electron chi connectivity index (χ2n) is 5.88. The van der Waals surface area contributed by atoms with E-state index >= 15 is 0 Å². The van der Waals surface area contributed by atoms with Gasteiger partial charge in [-0.3, -0.25) is 4.79 Å². The Balaban J connectivity index is 2.71. The third kappa shape index (κ3) is 5.98. The first kappa shape index (κ1) is 19.6. The highest BCUT2D eigenvalue weighted by Gasteiger charge is 2.17. The Hall–Kier alpha value is -2.44. The minimum Gasteiger partial charge on any atom is -0.450 e. The van der Waals surface area contributed by atoms with Crippen molar-refractivity contribution in [2.75, 3.05) is 31.8 Å². The van der Waals surface area contributed by atoms with E-state index in [4.69, 9.17) is 16.2 Å². The van der Waals surface area contributed by atoms with E-state index in [1.165, 1.54) is 4.90 Å². The van der Waals surface area contributed by atoms with Gasteiger partial charge in [0.05, 0.1) is 23.5 Å². The molecule has 0 radical (unpaired) electrons. The van der Waals surface area contributed by atoms with Crippen LogP contribution >= 0.6 is 0 Å². The van der Waals surface area contributed by atoms with Crippen LogP contribution in [0, 0.1) is 0 Å². The van der Waals surface area contributed by atoms with Crippen LogP contribution in [-0.4, -0.2) is 43.6 Å². The number of para-hydroxylation sites is 1. The molecule has 0 aliphatic carbocycles. The first-order valence-electron chi connectivity index (χ1n) is 8.15. The Bertz CT molecular complexity index is 561. The van der Waals surface area contributed by atoms with Gasteiger partial charge >= 0.3 is 6.09 Å². The largest absolute Gasteiger partial charge is 0.450 e. The van der Waals surface area contributed by atoms with Gasteiger partial charge in [-0.2, -0.15) is 0 Å². The maximum Gasteiger partial charge on any atom is 0.404 e. The molecule has 0 saturated heterocycles. The molecular weight excluding hydrogens is 308 g/mol. The Kier molecular flexibility index (Phi) is 7.88. The Morgan fingerprint density at radius 2 is 2.00 bits per heavy atom. The highest BCUT2D eigenvalue weighted by Crippen LogP contribution is 2.26. The van der Waals surface area contributed by atoms with Gasteiger partial charge in [-0.15, -0.1) is 0 Å². The SMILES string of the molecule is CCC(CCCCOC(N)=O)Nc1c(N)cccc1C(=O)N(C)C. The van der Waals surface area contributed by atoms with E-state index in [-0.39, 0.29) is 11.9 Å². The van der Waals surface area contributed by atoms with E-state index in [1.807, 2.05) is 0 Å². The number of anilines is 2. The maximum absolute atomic E-state index is 12.3. The van der Waals surface area contributed by atoms with Crippen molar-refractivity contribution in [3.05, 3.63) is 23.8 Å². The molecule has 5 N–H and O–H groups in total. The molecule has 1 aromatic rings. The Labute approximate surface area is 143 Å². The number of ether oxygens (including phenoxy) is 1. The highest BCUT2D eigenvalue weighted by molar-refractivity contribution is 6.02. The lowest BCUT2D eigenvalue weighted by atomic mass is 10.0. The van der Waals surface area contributed by atoms with Crippen LogP contribution in [0.2, 0.25) is 0 Å². The average molecular weight is 336 g/mol. The number of benzene rings is 1. The van der Waals surface area contributed by atoms with Crippen LogP contribution in [0.15, 0.2) is 18.2 Å². The number of carbonyl (C=O) groups is 2. The lowest BCUT2D eigenvalue weighted by Gasteiger charge is -2.23. The Morgan fingerprint density at radius 1 is 1.29 bits per heavy atom. The number of unbranched alkanes of at least 4 members (excludes halogenated alkanes) is 1. The van der Waals surface area contributed by atoms with Crippen LogP contribution in [0.5, 0.6) is 0 Å². The molecule has 1 atom stereocenters. The number of nitrogens with one attached hydrogen (secondary N) is 1. The predicted octanol–water partition coefficient (Wildman–Crippen LogP) is 2.43. The number of nitrogens with two attached hydrogens (primary N) is 2. The van der Waals surface area contributed by atoms with Gasteiger partial charge in [0.25, 0.3) is 5.91 Å². The smallest absolute Gasteiger partial charge is 0.404 e. The summed E-state index contributed by atoms with van der Waals surface area (Å²) in [6.45, 7) is 2.40. The van der Waals surface area contributed by atoms with Crippen molar-refractivity contribution in [1.82, 2.24) is 4.90 Å². The lowest BCUT2D eigenvalue weighted by molar-refractivity contribution is 0.0828. The van der Waals surface area contributed by atoms with E-state index in [2.05, 4.69) is 12.2 Å². The van der Waals surface area contributed by atoms with Crippen molar-refractivity contribution < 1.29 is 14.3 Å². The summed E-state index contributed by atoms with van der Waals surface area (Å²) in [6, 6.07) is 5.51. The maximum atomic E-state index is 12.3. The highest BCUT2D eigenvalue weighted by atomic mass is 16.5. The molecular formula is C17H28N4O3. The van der Waals surface area contributed by atoms with Gasteiger partial charge in [-0.1, -0.05) is 13.0 Å². The molecule has 0 aliphatic rings. The van der Waals surface area contributed by atoms with Crippen LogP contribution in [0.4, 0.5) is 16.2 Å². The lowest BCUT2D eigenvalue weighted by Crippen LogP contribution is -2.26. The van der Waals surface area contributed by atoms with Gasteiger partial charge in [0.2, 0.25) is 0 Å². The van der Waals surface area contributed by atoms with E-state index < -0.39 is 6.09 Å². The molecule has 0 bridgehead atoms. The average Bonchev–Trinajstić information content (AvgIpc) is 2.53. The molecule has 7 heteroatoms. The van der Waals surface area contributed by atoms with E-state index in [0.29, 0.717) is 23.5 Å². The number of amides is 2. The monoisotopic (exact) mass is 336 g/mol. The molecule has 1 aromatic carbocycles. The summed E-state index contributed by atoms with van der Waals surface area (Å²) >= 11 is 0. The second kappa shape index (κ2) is 9.64. The molecule has 1 rings (SSSR count). The van der Waals surface area contributed by atoms with Gasteiger partial charge in [0.15, 0.2) is 0 Å². The minimum absolute atomic E-state index is 0.0884. The summed E-state index contributed by atoms with van der Waals surface area (Å²) < 4.78 is 4.72. The fourth-order valence-corrected chi connectivity index (χ4v) is 2.40. The topological polar surface area (TPSA) is 111 Å². The van der Waals surface area contributed by atoms with Crippen molar-refractivity contribution in [1.29, 1.82) is 0 Å². The third-order valence-electron chi connectivity index (χ3n) is 3.77. The molecule has 7 nitrogen and oxygen atoms in total. The fourth-order valence-electron chi connectivity index (χ4n) is 2.40. The number of primary amides is 1. The van der Waals surface area contributed by atoms with Crippen LogP contribution in [0.1, 0.15) is 43.0 Å². The number of nitrogen functional groups attached to an aromatic ring is 1.